The summed E-state index contributed by atoms with van der Waals surface area (Å²) < 4.78 is 4.16. The van der Waals surface area contributed by atoms with Gasteiger partial charge in [-0.25, -0.2) is 0 Å². The van der Waals surface area contributed by atoms with Gasteiger partial charge >= 0.3 is 0 Å². The fourth-order valence-electron chi connectivity index (χ4n) is 4.78. The number of nitrogens with zero attached hydrogens (tertiary/aromatic N) is 3. The molecule has 0 fully saturated rings. The number of anilines is 1. The van der Waals surface area contributed by atoms with Crippen LogP contribution in [0.25, 0.3) is 6.08 Å². The Labute approximate surface area is 192 Å². The largest absolute Gasteiger partial charge is 0.318 e. The van der Waals surface area contributed by atoms with Gasteiger partial charge in [0.2, 0.25) is 0 Å². The molecular weight excluding hydrogens is 393 g/mol. The second kappa shape index (κ2) is 9.60. The van der Waals surface area contributed by atoms with Gasteiger partial charge in [0.1, 0.15) is 12.4 Å². The molecule has 3 aromatic rings. The molecule has 0 saturated heterocycles. The molecule has 0 bridgehead atoms. The van der Waals surface area contributed by atoms with Crippen LogP contribution in [-0.4, -0.2) is 24.8 Å². The quantitative estimate of drug-likeness (QED) is 0.434. The van der Waals surface area contributed by atoms with E-state index in [0.29, 0.717) is 0 Å². The molecule has 4 rings (SSSR count). The minimum atomic E-state index is -0.307. The van der Waals surface area contributed by atoms with E-state index in [0.717, 1.165) is 36.2 Å². The standard InChI is InChI=1S/C27H32BN3O/c1-5-6-12-22-19-21-15-10-11-16-23(21)31(4)26(32)25(24(22)20-13-8-7-9-14-20)28-27-29(2)17-18-30(27)3/h7-11,13-19,24-25H,5-6,12H2,1-4H3/b22-19-/t24-,25+/m0/s1. The lowest BCUT2D eigenvalue weighted by Gasteiger charge is -2.41. The molecule has 1 aliphatic rings. The molecule has 0 aliphatic carbocycles. The number of hydrogen-bond acceptors (Lipinski definition) is 1. The molecule has 1 amide bonds. The number of amides is 1. The molecule has 4 nitrogen and oxygen atoms in total. The topological polar surface area (TPSA) is 29.1 Å². The summed E-state index contributed by atoms with van der Waals surface area (Å²) in [6.07, 6.45) is 9.59. The highest BCUT2D eigenvalue weighted by molar-refractivity contribution is 6.57. The maximum absolute atomic E-state index is 14.1. The molecular formula is C27H32BN3O. The summed E-state index contributed by atoms with van der Waals surface area (Å²) in [5, 5.41) is 0. The van der Waals surface area contributed by atoms with Crippen molar-refractivity contribution in [3.8, 4) is 0 Å². The average molecular weight is 425 g/mol. The minimum Gasteiger partial charge on any atom is -0.318 e. The lowest BCUT2D eigenvalue weighted by Crippen LogP contribution is -2.53. The molecule has 0 unspecified atom stereocenters. The number of fused-ring (bicyclic) bond motifs is 1. The number of hydrogen-bond donors (Lipinski definition) is 0. The Morgan fingerprint density at radius 1 is 1.03 bits per heavy atom. The number of aryl methyl sites for hydroxylation is 2. The first kappa shape index (κ1) is 22.1. The fourth-order valence-corrected chi connectivity index (χ4v) is 4.78. The van der Waals surface area contributed by atoms with E-state index in [4.69, 9.17) is 0 Å². The van der Waals surface area contributed by atoms with Crippen LogP contribution in [0.15, 0.2) is 72.6 Å². The third kappa shape index (κ3) is 4.29. The zero-order valence-corrected chi connectivity index (χ0v) is 19.5. The third-order valence-corrected chi connectivity index (χ3v) is 6.56. The highest BCUT2D eigenvalue weighted by Gasteiger charge is 2.31. The molecule has 2 radical (unpaired) electrons. The van der Waals surface area contributed by atoms with Crippen molar-refractivity contribution >= 4 is 30.7 Å². The molecule has 2 atom stereocenters. The van der Waals surface area contributed by atoms with Crippen molar-refractivity contribution in [2.24, 2.45) is 14.1 Å². The maximum atomic E-state index is 14.1. The van der Waals surface area contributed by atoms with E-state index >= 15 is 0 Å². The van der Waals surface area contributed by atoms with Crippen molar-refractivity contribution < 1.29 is 9.36 Å². The Hall–Kier alpha value is -3.08. The summed E-state index contributed by atoms with van der Waals surface area (Å²) in [7, 11) is 8.12. The van der Waals surface area contributed by atoms with Crippen LogP contribution < -0.4 is 15.2 Å². The Bertz CT molecular complexity index is 1100. The highest BCUT2D eigenvalue weighted by Crippen LogP contribution is 2.43. The van der Waals surface area contributed by atoms with Gasteiger partial charge in [-0.15, -0.1) is 5.82 Å². The SMILES string of the molecule is CCCC/C1=C/c2ccccc2N(C)C(=O)[C@H]([B-]c2n(C)cc[n+]2C)[C@H]1c1ccccc1. The predicted molar refractivity (Wildman–Crippen MR) is 132 cm³/mol. The number of carbonyl (C=O) groups is 1. The molecule has 0 spiro atoms. The Kier molecular flexibility index (Phi) is 6.64. The molecule has 164 valence electrons. The summed E-state index contributed by atoms with van der Waals surface area (Å²) in [4.78, 5) is 15.9. The van der Waals surface area contributed by atoms with Gasteiger partial charge in [-0.05, 0) is 36.0 Å². The van der Waals surface area contributed by atoms with Crippen LogP contribution in [0, 0.1) is 0 Å². The van der Waals surface area contributed by atoms with Crippen LogP contribution in [0.3, 0.4) is 0 Å². The zero-order valence-electron chi connectivity index (χ0n) is 19.5. The number of benzene rings is 2. The van der Waals surface area contributed by atoms with E-state index < -0.39 is 0 Å². The molecule has 2 heterocycles. The molecule has 2 aromatic carbocycles. The van der Waals surface area contributed by atoms with Crippen LogP contribution >= 0.6 is 0 Å². The van der Waals surface area contributed by atoms with Gasteiger partial charge in [-0.1, -0.05) is 73.5 Å². The van der Waals surface area contributed by atoms with Gasteiger partial charge in [0.05, 0.1) is 19.8 Å². The summed E-state index contributed by atoms with van der Waals surface area (Å²) in [5.74, 6) is -0.200. The fraction of sp³-hybridized carbons (Fsp3) is 0.333. The van der Waals surface area contributed by atoms with Gasteiger partial charge in [-0.3, -0.25) is 13.9 Å². The first-order valence-corrected chi connectivity index (χ1v) is 11.5. The normalized spacial score (nSPS) is 20.3. The number of allylic oxidation sites excluding steroid dienone is 1. The van der Waals surface area contributed by atoms with Crippen molar-refractivity contribution in [2.45, 2.75) is 37.9 Å². The van der Waals surface area contributed by atoms with Crippen molar-refractivity contribution in [3.63, 3.8) is 0 Å². The first-order valence-electron chi connectivity index (χ1n) is 11.5. The van der Waals surface area contributed by atoms with Crippen molar-refractivity contribution in [1.82, 2.24) is 4.57 Å². The number of aromatic nitrogens is 2. The maximum Gasteiger partial charge on any atom is 0.190 e. The first-order chi connectivity index (χ1) is 15.5. The number of unbranched alkanes of at least 4 members (excludes halogenated alkanes) is 1. The van der Waals surface area contributed by atoms with Crippen LogP contribution in [0.1, 0.15) is 43.2 Å². The molecule has 1 aliphatic heterocycles. The van der Waals surface area contributed by atoms with Crippen LogP contribution in [0.5, 0.6) is 0 Å². The number of imidazole rings is 1. The minimum absolute atomic E-state index is 0.0130. The van der Waals surface area contributed by atoms with Crippen LogP contribution in [0.2, 0.25) is 5.82 Å². The van der Waals surface area contributed by atoms with Crippen molar-refractivity contribution in [3.05, 3.63) is 83.7 Å². The lowest BCUT2D eigenvalue weighted by atomic mass is 9.54. The van der Waals surface area contributed by atoms with Gasteiger partial charge in [-0.2, -0.15) is 7.28 Å². The van der Waals surface area contributed by atoms with E-state index in [1.807, 2.05) is 56.6 Å². The summed E-state index contributed by atoms with van der Waals surface area (Å²) >= 11 is 0. The molecule has 0 saturated carbocycles. The van der Waals surface area contributed by atoms with Gasteiger partial charge in [0.15, 0.2) is 5.91 Å². The second-order valence-corrected chi connectivity index (χ2v) is 8.74. The molecule has 1 aromatic heterocycles. The number of rotatable bonds is 6. The number of para-hydroxylation sites is 1. The van der Waals surface area contributed by atoms with E-state index in [2.05, 4.69) is 65.8 Å². The van der Waals surface area contributed by atoms with E-state index in [9.17, 15) is 4.79 Å². The van der Waals surface area contributed by atoms with Gasteiger partial charge in [0, 0.05) is 12.8 Å². The Morgan fingerprint density at radius 3 is 2.44 bits per heavy atom. The molecule has 5 heteroatoms. The van der Waals surface area contributed by atoms with E-state index in [1.165, 1.54) is 11.1 Å². The Balaban J connectivity index is 1.92. The van der Waals surface area contributed by atoms with Gasteiger partial charge < -0.3 is 4.90 Å². The lowest BCUT2D eigenvalue weighted by molar-refractivity contribution is -0.653. The third-order valence-electron chi connectivity index (χ3n) is 6.56. The summed E-state index contributed by atoms with van der Waals surface area (Å²) in [6, 6.07) is 18.7. The summed E-state index contributed by atoms with van der Waals surface area (Å²) in [6.45, 7) is 2.22. The Morgan fingerprint density at radius 2 is 1.75 bits per heavy atom. The van der Waals surface area contributed by atoms with Crippen LogP contribution in [-0.2, 0) is 18.9 Å². The number of carbonyl (C=O) groups excluding carboxylic acids is 1. The van der Waals surface area contributed by atoms with Gasteiger partial charge in [0.25, 0.3) is 0 Å². The van der Waals surface area contributed by atoms with E-state index in [-0.39, 0.29) is 17.6 Å². The smallest absolute Gasteiger partial charge is 0.190 e. The van der Waals surface area contributed by atoms with Crippen molar-refractivity contribution in [2.75, 3.05) is 11.9 Å². The molecule has 0 N–H and O–H groups in total. The summed E-state index contributed by atoms with van der Waals surface area (Å²) in [5.41, 5.74) is 5.62. The van der Waals surface area contributed by atoms with Crippen molar-refractivity contribution in [1.29, 1.82) is 0 Å². The second-order valence-electron chi connectivity index (χ2n) is 8.74. The monoisotopic (exact) mass is 425 g/mol. The molecule has 32 heavy (non-hydrogen) atoms. The van der Waals surface area contributed by atoms with E-state index in [1.54, 1.807) is 0 Å². The average Bonchev–Trinajstić information content (AvgIpc) is 3.13. The zero-order chi connectivity index (χ0) is 22.7. The highest BCUT2D eigenvalue weighted by atomic mass is 16.2. The predicted octanol–water partition coefficient (Wildman–Crippen LogP) is 4.00. The van der Waals surface area contributed by atoms with Crippen LogP contribution in [0.4, 0.5) is 5.69 Å².